The monoisotopic (exact) mass is 376 g/mol. The second-order valence-corrected chi connectivity index (χ2v) is 6.52. The molecule has 2 heterocycles. The van der Waals surface area contributed by atoms with Crippen LogP contribution in [0.2, 0.25) is 0 Å². The molecule has 0 bridgehead atoms. The molecule has 0 unspecified atom stereocenters. The molecule has 1 amide bonds. The Balaban J connectivity index is 1.50. The highest BCUT2D eigenvalue weighted by molar-refractivity contribution is 6.03. The Morgan fingerprint density at radius 2 is 1.82 bits per heavy atom. The summed E-state index contributed by atoms with van der Waals surface area (Å²) in [5, 5.41) is 5.99. The minimum Gasteiger partial charge on any atom is -0.486 e. The predicted molar refractivity (Wildman–Crippen MR) is 107 cm³/mol. The lowest BCUT2D eigenvalue weighted by Crippen LogP contribution is -2.17. The number of anilines is 3. The third-order valence-electron chi connectivity index (χ3n) is 4.32. The molecule has 1 aliphatic heterocycles. The Bertz CT molecular complexity index is 1040. The Kier molecular flexibility index (Phi) is 4.80. The van der Waals surface area contributed by atoms with E-state index >= 15 is 0 Å². The zero-order chi connectivity index (χ0) is 19.5. The molecule has 1 aromatic heterocycles. The molecule has 0 spiro atoms. The summed E-state index contributed by atoms with van der Waals surface area (Å²) >= 11 is 0. The molecule has 142 valence electrons. The van der Waals surface area contributed by atoms with Crippen LogP contribution in [-0.2, 0) is 0 Å². The summed E-state index contributed by atoms with van der Waals surface area (Å²) in [5.74, 6) is 1.32. The SMILES string of the molecule is Cc1ccc(Nc2nccc(C(=O)Nc3ccc4c(c3)OCCO4)n2)c(C)c1. The Morgan fingerprint density at radius 3 is 2.64 bits per heavy atom. The van der Waals surface area contributed by atoms with E-state index in [2.05, 4.69) is 26.7 Å². The van der Waals surface area contributed by atoms with Gasteiger partial charge >= 0.3 is 0 Å². The lowest BCUT2D eigenvalue weighted by Gasteiger charge is -2.19. The van der Waals surface area contributed by atoms with Crippen LogP contribution in [0.5, 0.6) is 11.5 Å². The number of ether oxygens (including phenoxy) is 2. The number of carbonyl (C=O) groups excluding carboxylic acids is 1. The molecule has 1 aliphatic rings. The first kappa shape index (κ1) is 17.8. The van der Waals surface area contributed by atoms with Crippen molar-refractivity contribution in [2.45, 2.75) is 13.8 Å². The molecule has 7 heteroatoms. The molecule has 0 radical (unpaired) electrons. The second kappa shape index (κ2) is 7.56. The standard InChI is InChI=1S/C21H20N4O3/c1-13-3-5-16(14(2)11-13)24-21-22-8-7-17(25-21)20(26)23-15-4-6-18-19(12-15)28-10-9-27-18/h3-8,11-12H,9-10H2,1-2H3,(H,23,26)(H,22,24,25). The molecular weight excluding hydrogens is 356 g/mol. The van der Waals surface area contributed by atoms with Gasteiger partial charge in [0, 0.05) is 23.6 Å². The lowest BCUT2D eigenvalue weighted by molar-refractivity contribution is 0.102. The maximum absolute atomic E-state index is 12.6. The largest absolute Gasteiger partial charge is 0.486 e. The van der Waals surface area contributed by atoms with Crippen LogP contribution in [0, 0.1) is 13.8 Å². The summed E-state index contributed by atoms with van der Waals surface area (Å²) in [4.78, 5) is 21.1. The number of fused-ring (bicyclic) bond motifs is 1. The first-order valence-electron chi connectivity index (χ1n) is 8.97. The summed E-state index contributed by atoms with van der Waals surface area (Å²) in [6, 6.07) is 12.9. The van der Waals surface area contributed by atoms with Crippen molar-refractivity contribution >= 4 is 23.2 Å². The van der Waals surface area contributed by atoms with Gasteiger partial charge in [-0.2, -0.15) is 0 Å². The Hall–Kier alpha value is -3.61. The molecule has 7 nitrogen and oxygen atoms in total. The Labute approximate surface area is 162 Å². The van der Waals surface area contributed by atoms with E-state index in [0.717, 1.165) is 11.3 Å². The van der Waals surface area contributed by atoms with Crippen molar-refractivity contribution in [3.63, 3.8) is 0 Å². The molecule has 0 saturated heterocycles. The highest BCUT2D eigenvalue weighted by Crippen LogP contribution is 2.32. The van der Waals surface area contributed by atoms with Gasteiger partial charge in [-0.3, -0.25) is 4.79 Å². The van der Waals surface area contributed by atoms with Gasteiger partial charge in [0.05, 0.1) is 0 Å². The number of nitrogens with zero attached hydrogens (tertiary/aromatic N) is 2. The lowest BCUT2D eigenvalue weighted by atomic mass is 10.1. The van der Waals surface area contributed by atoms with Crippen molar-refractivity contribution < 1.29 is 14.3 Å². The highest BCUT2D eigenvalue weighted by atomic mass is 16.6. The molecule has 0 fully saturated rings. The van der Waals surface area contributed by atoms with Crippen LogP contribution in [0.3, 0.4) is 0 Å². The zero-order valence-corrected chi connectivity index (χ0v) is 15.7. The molecule has 0 aliphatic carbocycles. The molecule has 0 atom stereocenters. The fraction of sp³-hybridized carbons (Fsp3) is 0.190. The number of nitrogens with one attached hydrogen (secondary N) is 2. The minimum atomic E-state index is -0.331. The van der Waals surface area contributed by atoms with Crippen molar-refractivity contribution in [1.82, 2.24) is 9.97 Å². The fourth-order valence-electron chi connectivity index (χ4n) is 2.94. The van der Waals surface area contributed by atoms with E-state index < -0.39 is 0 Å². The summed E-state index contributed by atoms with van der Waals surface area (Å²) in [7, 11) is 0. The van der Waals surface area contributed by atoms with Gasteiger partial charge < -0.3 is 20.1 Å². The van der Waals surface area contributed by atoms with Gasteiger partial charge in [0.25, 0.3) is 5.91 Å². The van der Waals surface area contributed by atoms with Gasteiger partial charge in [0.2, 0.25) is 5.95 Å². The molecule has 2 aromatic carbocycles. The average molecular weight is 376 g/mol. The van der Waals surface area contributed by atoms with Crippen LogP contribution in [-0.4, -0.2) is 29.1 Å². The summed E-state index contributed by atoms with van der Waals surface area (Å²) in [5.41, 5.74) is 4.02. The van der Waals surface area contributed by atoms with Gasteiger partial charge in [-0.25, -0.2) is 9.97 Å². The molecule has 28 heavy (non-hydrogen) atoms. The molecule has 3 aromatic rings. The minimum absolute atomic E-state index is 0.261. The Morgan fingerprint density at radius 1 is 1.00 bits per heavy atom. The van der Waals surface area contributed by atoms with Crippen LogP contribution in [0.25, 0.3) is 0 Å². The number of aryl methyl sites for hydroxylation is 2. The first-order valence-corrected chi connectivity index (χ1v) is 8.97. The van der Waals surface area contributed by atoms with Gasteiger partial charge in [-0.1, -0.05) is 17.7 Å². The van der Waals surface area contributed by atoms with E-state index in [1.165, 1.54) is 5.56 Å². The van der Waals surface area contributed by atoms with Crippen molar-refractivity contribution in [3.05, 3.63) is 65.5 Å². The average Bonchev–Trinajstić information content (AvgIpc) is 2.70. The van der Waals surface area contributed by atoms with E-state index in [1.807, 2.05) is 26.0 Å². The molecule has 0 saturated carbocycles. The second-order valence-electron chi connectivity index (χ2n) is 6.52. The number of benzene rings is 2. The normalized spacial score (nSPS) is 12.4. The number of carbonyl (C=O) groups is 1. The smallest absolute Gasteiger partial charge is 0.274 e. The van der Waals surface area contributed by atoms with Crippen LogP contribution < -0.4 is 20.1 Å². The summed E-state index contributed by atoms with van der Waals surface area (Å²) < 4.78 is 11.0. The van der Waals surface area contributed by atoms with E-state index in [9.17, 15) is 4.79 Å². The van der Waals surface area contributed by atoms with Gasteiger partial charge in [-0.05, 0) is 43.7 Å². The van der Waals surface area contributed by atoms with Crippen molar-refractivity contribution in [2.75, 3.05) is 23.8 Å². The zero-order valence-electron chi connectivity index (χ0n) is 15.7. The van der Waals surface area contributed by atoms with E-state index in [-0.39, 0.29) is 11.6 Å². The van der Waals surface area contributed by atoms with Gasteiger partial charge in [0.15, 0.2) is 11.5 Å². The van der Waals surface area contributed by atoms with Crippen molar-refractivity contribution in [3.8, 4) is 11.5 Å². The fourth-order valence-corrected chi connectivity index (χ4v) is 2.94. The van der Waals surface area contributed by atoms with Crippen LogP contribution in [0.1, 0.15) is 21.6 Å². The van der Waals surface area contributed by atoms with Gasteiger partial charge in [0.1, 0.15) is 18.9 Å². The maximum Gasteiger partial charge on any atom is 0.274 e. The maximum atomic E-state index is 12.6. The van der Waals surface area contributed by atoms with Crippen LogP contribution in [0.4, 0.5) is 17.3 Å². The summed E-state index contributed by atoms with van der Waals surface area (Å²) in [6.07, 6.45) is 1.55. The summed E-state index contributed by atoms with van der Waals surface area (Å²) in [6.45, 7) is 5.06. The number of aromatic nitrogens is 2. The molecule has 2 N–H and O–H groups in total. The van der Waals surface area contributed by atoms with Gasteiger partial charge in [-0.15, -0.1) is 0 Å². The van der Waals surface area contributed by atoms with E-state index in [0.29, 0.717) is 36.3 Å². The van der Waals surface area contributed by atoms with Crippen molar-refractivity contribution in [1.29, 1.82) is 0 Å². The van der Waals surface area contributed by atoms with Crippen LogP contribution in [0.15, 0.2) is 48.7 Å². The number of rotatable bonds is 4. The quantitative estimate of drug-likeness (QED) is 0.719. The predicted octanol–water partition coefficient (Wildman–Crippen LogP) is 3.86. The number of hydrogen-bond donors (Lipinski definition) is 2. The first-order chi connectivity index (χ1) is 13.6. The number of hydrogen-bond acceptors (Lipinski definition) is 6. The third kappa shape index (κ3) is 3.88. The van der Waals surface area contributed by atoms with E-state index in [1.54, 1.807) is 30.5 Å². The topological polar surface area (TPSA) is 85.4 Å². The van der Waals surface area contributed by atoms with Crippen molar-refractivity contribution in [2.24, 2.45) is 0 Å². The van der Waals surface area contributed by atoms with E-state index in [4.69, 9.17) is 9.47 Å². The highest BCUT2D eigenvalue weighted by Gasteiger charge is 2.14. The molecule has 4 rings (SSSR count). The van der Waals surface area contributed by atoms with Crippen LogP contribution >= 0.6 is 0 Å². The third-order valence-corrected chi connectivity index (χ3v) is 4.32. The number of amides is 1. The molecular formula is C21H20N4O3.